The van der Waals surface area contributed by atoms with Crippen LogP contribution < -0.4 is 0 Å². The van der Waals surface area contributed by atoms with Crippen molar-refractivity contribution in [1.29, 1.82) is 0 Å². The lowest BCUT2D eigenvalue weighted by Gasteiger charge is -2.38. The van der Waals surface area contributed by atoms with Crippen LogP contribution in [0.4, 0.5) is 4.39 Å². The minimum atomic E-state index is -0.912. The molecule has 1 fully saturated rings. The SMILES string of the molecule is OC1(c2ccc(F)cc2)CCN(Cc2nnnn2Cc2ccco2)CC1. The van der Waals surface area contributed by atoms with E-state index < -0.39 is 5.60 Å². The number of tetrazole rings is 1. The molecule has 1 aliphatic heterocycles. The van der Waals surface area contributed by atoms with Gasteiger partial charge in [0.1, 0.15) is 18.1 Å². The molecule has 2 aromatic heterocycles. The number of nitrogens with zero attached hydrogens (tertiary/aromatic N) is 5. The molecule has 0 bridgehead atoms. The van der Waals surface area contributed by atoms with Gasteiger partial charge in [-0.3, -0.25) is 4.90 Å². The smallest absolute Gasteiger partial charge is 0.165 e. The zero-order valence-electron chi connectivity index (χ0n) is 14.3. The van der Waals surface area contributed by atoms with E-state index in [0.717, 1.165) is 17.1 Å². The van der Waals surface area contributed by atoms with Crippen molar-refractivity contribution in [3.8, 4) is 0 Å². The molecule has 0 atom stereocenters. The molecule has 8 heteroatoms. The first kappa shape index (κ1) is 16.9. The molecule has 1 N–H and O–H groups in total. The molecule has 1 saturated heterocycles. The van der Waals surface area contributed by atoms with E-state index in [1.807, 2.05) is 12.1 Å². The lowest BCUT2D eigenvalue weighted by molar-refractivity contribution is -0.0285. The van der Waals surface area contributed by atoms with Crippen molar-refractivity contribution in [2.75, 3.05) is 13.1 Å². The quantitative estimate of drug-likeness (QED) is 0.752. The number of hydrogen-bond donors (Lipinski definition) is 1. The molecule has 3 aromatic rings. The highest BCUT2D eigenvalue weighted by molar-refractivity contribution is 5.23. The van der Waals surface area contributed by atoms with Crippen molar-refractivity contribution >= 4 is 0 Å². The maximum absolute atomic E-state index is 13.1. The van der Waals surface area contributed by atoms with Crippen LogP contribution in [-0.2, 0) is 18.7 Å². The molecule has 0 saturated carbocycles. The van der Waals surface area contributed by atoms with Gasteiger partial charge in [0.05, 0.1) is 18.4 Å². The highest BCUT2D eigenvalue weighted by atomic mass is 19.1. The third-order valence-corrected chi connectivity index (χ3v) is 4.92. The average Bonchev–Trinajstić information content (AvgIpc) is 3.31. The van der Waals surface area contributed by atoms with E-state index >= 15 is 0 Å². The first-order valence-electron chi connectivity index (χ1n) is 8.61. The maximum Gasteiger partial charge on any atom is 0.165 e. The summed E-state index contributed by atoms with van der Waals surface area (Å²) >= 11 is 0. The van der Waals surface area contributed by atoms with Gasteiger partial charge in [0.25, 0.3) is 0 Å². The number of likely N-dealkylation sites (tertiary alicyclic amines) is 1. The van der Waals surface area contributed by atoms with Gasteiger partial charge in [0.2, 0.25) is 0 Å². The zero-order valence-corrected chi connectivity index (χ0v) is 14.3. The van der Waals surface area contributed by atoms with Crippen LogP contribution in [0.3, 0.4) is 0 Å². The summed E-state index contributed by atoms with van der Waals surface area (Å²) in [5.41, 5.74) is -0.147. The Hall–Kier alpha value is -2.58. The molecular weight excluding hydrogens is 337 g/mol. The molecule has 0 aliphatic carbocycles. The molecule has 4 rings (SSSR count). The summed E-state index contributed by atoms with van der Waals surface area (Å²) in [6.07, 6.45) is 2.79. The number of piperidine rings is 1. The normalized spacial score (nSPS) is 17.5. The molecule has 7 nitrogen and oxygen atoms in total. The summed E-state index contributed by atoms with van der Waals surface area (Å²) in [6, 6.07) is 9.82. The largest absolute Gasteiger partial charge is 0.467 e. The van der Waals surface area contributed by atoms with E-state index in [1.54, 1.807) is 23.1 Å². The number of rotatable bonds is 5. The molecule has 1 aliphatic rings. The molecule has 136 valence electrons. The lowest BCUT2D eigenvalue weighted by atomic mass is 9.84. The summed E-state index contributed by atoms with van der Waals surface area (Å²) in [6.45, 7) is 2.51. The summed E-state index contributed by atoms with van der Waals surface area (Å²) in [7, 11) is 0. The standard InChI is InChI=1S/C18H20FN5O2/c19-15-5-3-14(4-6-15)18(25)7-9-23(10-8-18)13-17-20-21-22-24(17)12-16-2-1-11-26-16/h1-6,11,25H,7-10,12-13H2. The minimum Gasteiger partial charge on any atom is -0.467 e. The van der Waals surface area contributed by atoms with E-state index in [0.29, 0.717) is 39.0 Å². The van der Waals surface area contributed by atoms with Gasteiger partial charge in [-0.15, -0.1) is 5.10 Å². The second kappa shape index (κ2) is 6.97. The average molecular weight is 357 g/mol. The van der Waals surface area contributed by atoms with Crippen LogP contribution in [0.15, 0.2) is 47.1 Å². The molecule has 3 heterocycles. The predicted molar refractivity (Wildman–Crippen MR) is 90.4 cm³/mol. The van der Waals surface area contributed by atoms with Crippen molar-refractivity contribution in [1.82, 2.24) is 25.1 Å². The van der Waals surface area contributed by atoms with E-state index in [9.17, 15) is 9.50 Å². The summed E-state index contributed by atoms with van der Waals surface area (Å²) < 4.78 is 20.2. The fraction of sp³-hybridized carbons (Fsp3) is 0.389. The van der Waals surface area contributed by atoms with E-state index in [-0.39, 0.29) is 5.82 Å². The minimum absolute atomic E-state index is 0.293. The van der Waals surface area contributed by atoms with E-state index in [4.69, 9.17) is 4.42 Å². The second-order valence-corrected chi connectivity index (χ2v) is 6.65. The molecule has 0 radical (unpaired) electrons. The molecular formula is C18H20FN5O2. The molecule has 0 amide bonds. The number of benzene rings is 1. The highest BCUT2D eigenvalue weighted by Gasteiger charge is 2.34. The van der Waals surface area contributed by atoms with Crippen molar-refractivity contribution in [3.63, 3.8) is 0 Å². The number of aromatic nitrogens is 4. The van der Waals surface area contributed by atoms with Crippen molar-refractivity contribution in [2.45, 2.75) is 31.5 Å². The van der Waals surface area contributed by atoms with Gasteiger partial charge in [0, 0.05) is 13.1 Å². The summed E-state index contributed by atoms with van der Waals surface area (Å²) in [4.78, 5) is 2.21. The number of hydrogen-bond acceptors (Lipinski definition) is 6. The van der Waals surface area contributed by atoms with Crippen LogP contribution in [-0.4, -0.2) is 43.3 Å². The molecule has 26 heavy (non-hydrogen) atoms. The highest BCUT2D eigenvalue weighted by Crippen LogP contribution is 2.33. The van der Waals surface area contributed by atoms with Crippen LogP contribution in [0, 0.1) is 5.82 Å². The third kappa shape index (κ3) is 3.51. The summed E-state index contributed by atoms with van der Waals surface area (Å²) in [5.74, 6) is 1.26. The van der Waals surface area contributed by atoms with Gasteiger partial charge in [-0.1, -0.05) is 12.1 Å². The Labute approximate surface area is 150 Å². The van der Waals surface area contributed by atoms with Gasteiger partial charge in [-0.2, -0.15) is 0 Å². The third-order valence-electron chi connectivity index (χ3n) is 4.92. The van der Waals surface area contributed by atoms with Crippen LogP contribution in [0.1, 0.15) is 30.0 Å². The Morgan fingerprint density at radius 3 is 2.58 bits per heavy atom. The first-order valence-corrected chi connectivity index (χ1v) is 8.61. The predicted octanol–water partition coefficient (Wildman–Crippen LogP) is 1.94. The lowest BCUT2D eigenvalue weighted by Crippen LogP contribution is -2.42. The fourth-order valence-electron chi connectivity index (χ4n) is 3.34. The number of halogens is 1. The van der Waals surface area contributed by atoms with Gasteiger partial charge in [-0.25, -0.2) is 9.07 Å². The van der Waals surface area contributed by atoms with Crippen LogP contribution in [0.25, 0.3) is 0 Å². The Kier molecular flexibility index (Phi) is 4.52. The maximum atomic E-state index is 13.1. The number of furan rings is 1. The van der Waals surface area contributed by atoms with E-state index in [2.05, 4.69) is 20.4 Å². The summed E-state index contributed by atoms with van der Waals surface area (Å²) in [5, 5.41) is 22.8. The fourth-order valence-corrected chi connectivity index (χ4v) is 3.34. The Bertz CT molecular complexity index is 839. The number of aliphatic hydroxyl groups is 1. The van der Waals surface area contributed by atoms with Crippen LogP contribution >= 0.6 is 0 Å². The molecule has 0 spiro atoms. The van der Waals surface area contributed by atoms with Gasteiger partial charge in [0.15, 0.2) is 5.82 Å². The monoisotopic (exact) mass is 357 g/mol. The van der Waals surface area contributed by atoms with Crippen LogP contribution in [0.2, 0.25) is 0 Å². The van der Waals surface area contributed by atoms with E-state index in [1.165, 1.54) is 12.1 Å². The van der Waals surface area contributed by atoms with Gasteiger partial charge in [-0.05, 0) is 53.1 Å². The first-order chi connectivity index (χ1) is 12.6. The van der Waals surface area contributed by atoms with Crippen LogP contribution in [0.5, 0.6) is 0 Å². The van der Waals surface area contributed by atoms with Crippen molar-refractivity contribution in [2.24, 2.45) is 0 Å². The van der Waals surface area contributed by atoms with Gasteiger partial charge >= 0.3 is 0 Å². The zero-order chi connectivity index (χ0) is 18.0. The van der Waals surface area contributed by atoms with Crippen molar-refractivity contribution in [3.05, 3.63) is 65.6 Å². The Morgan fingerprint density at radius 1 is 1.12 bits per heavy atom. The van der Waals surface area contributed by atoms with Gasteiger partial charge < -0.3 is 9.52 Å². The van der Waals surface area contributed by atoms with Crippen molar-refractivity contribution < 1.29 is 13.9 Å². The Balaban J connectivity index is 1.38. The molecule has 0 unspecified atom stereocenters. The topological polar surface area (TPSA) is 80.2 Å². The molecule has 1 aromatic carbocycles. The Morgan fingerprint density at radius 2 is 1.88 bits per heavy atom. The second-order valence-electron chi connectivity index (χ2n) is 6.65.